The Labute approximate surface area is 673 Å². The number of rotatable bonds is 44. The standard InChI is InChI=1S/2C15H18N5O10P.C11H10N2O6.2C8H13N4O7P/c21-11(10-8-12(20(25)26)17-19(10)9-30-31(27,28)29)2-1-6-16-13(22)5-7-18-14(23)3-4-15(18)24;21-11(10-8-13(20(25)26)19(17-10)9-30-31(27,28)29)2-1-6-16-12(22)5-7-18-14(23)3-4-15(18)24;14-7-1-2-8(15)12(7)6-5-11(18)19-13-9(16)3-4-10(13)17;9-3-1-2-7(13)6-4-8(12(14)15)10-11(6)5-19-20(16,17)18;9-3-1-2-7(13)6-4-8(12(14)15)11(10-6)5-19-20(16,17)18/h2*3-4,8H,1-2,5-7,9H2,(H,16,22)(H2,27,28,29);1-2H,3-6H2;2*4H,1-3,5,9H2,(H2,16,17,18). The maximum absolute atomic E-state index is 12.3. The Morgan fingerprint density at radius 3 is 0.992 bits per heavy atom. The van der Waals surface area contributed by atoms with Gasteiger partial charge in [-0.15, -0.1) is 23.8 Å². The number of aromatic nitrogens is 8. The highest BCUT2D eigenvalue weighted by molar-refractivity contribution is 7.47. The van der Waals surface area contributed by atoms with Crippen LogP contribution in [0.25, 0.3) is 0 Å². The molecule has 1 saturated heterocycles. The molecule has 0 spiro atoms. The van der Waals surface area contributed by atoms with Gasteiger partial charge in [-0.3, -0.25) is 90.9 Å². The molecule has 0 radical (unpaired) electrons. The number of hydrogen-bond donors (Lipinski definition) is 12. The lowest BCUT2D eigenvalue weighted by molar-refractivity contribution is -0.393. The minimum Gasteiger partial charge on any atom is -0.358 e. The van der Waals surface area contributed by atoms with E-state index in [9.17, 15) is 131 Å². The molecule has 0 saturated carbocycles. The lowest BCUT2D eigenvalue weighted by Crippen LogP contribution is -2.35. The molecule has 4 aromatic heterocycles. The van der Waals surface area contributed by atoms with Crippen molar-refractivity contribution >= 4 is 143 Å². The van der Waals surface area contributed by atoms with Crippen LogP contribution in [0.2, 0.25) is 0 Å². The zero-order valence-electron chi connectivity index (χ0n) is 62.0. The SMILES string of the molecule is NCCCC(=O)c1cc([N+](=O)[O-])n(COP(=O)(O)O)n1.NCCCC(=O)c1cc([N+](=O)[O-])nn1COP(=O)(O)O.O=C(CCN1C(=O)C=CC1=O)NCCCC(=O)c1cc([N+](=O)[O-])n(COP(=O)(O)O)n1.O=C(CCN1C(=O)C=CC1=O)NCCCC(=O)c1cc([N+](=O)[O-])nn1COP(=O)(O)O.O=C(CCN1C(=O)C=CC1=O)ON1C(=O)CCC1=O. The summed E-state index contributed by atoms with van der Waals surface area (Å²) in [6, 6.07) is 3.54. The fourth-order valence-corrected chi connectivity index (χ4v) is 10.3. The average Bonchev–Trinajstić information content (AvgIpc) is 1.70. The molecule has 4 aliphatic rings. The minimum absolute atomic E-state index is 0.0130. The van der Waals surface area contributed by atoms with Gasteiger partial charge in [0.15, 0.2) is 48.0 Å². The van der Waals surface area contributed by atoms with E-state index in [1.165, 1.54) is 0 Å². The van der Waals surface area contributed by atoms with Crippen molar-refractivity contribution in [1.82, 2.24) is 69.5 Å². The predicted molar refractivity (Wildman–Crippen MR) is 385 cm³/mol. The van der Waals surface area contributed by atoms with Gasteiger partial charge < -0.3 is 107 Å². The largest absolute Gasteiger partial charge is 0.472 e. The molecule has 4 aliphatic heterocycles. The van der Waals surface area contributed by atoms with Gasteiger partial charge in [0.1, 0.15) is 11.4 Å². The first-order chi connectivity index (χ1) is 56.4. The van der Waals surface area contributed by atoms with Gasteiger partial charge in [-0.2, -0.15) is 0 Å². The van der Waals surface area contributed by atoms with E-state index in [1.54, 1.807) is 0 Å². The Morgan fingerprint density at radius 1 is 0.405 bits per heavy atom. The number of hydroxylamine groups is 2. The third-order valence-electron chi connectivity index (χ3n) is 14.9. The smallest absolute Gasteiger partial charge is 0.358 e. The topological polar surface area (TPSA) is 865 Å². The Morgan fingerprint density at radius 2 is 0.694 bits per heavy atom. The monoisotopic (exact) mass is 1800 g/mol. The fraction of sp³-hybridized carbons (Fsp3) is 0.421. The van der Waals surface area contributed by atoms with Gasteiger partial charge in [0.2, 0.25) is 25.3 Å². The summed E-state index contributed by atoms with van der Waals surface area (Å²) in [5.74, 6) is -10.7. The summed E-state index contributed by atoms with van der Waals surface area (Å²) in [7, 11) is -19.4. The van der Waals surface area contributed by atoms with Crippen molar-refractivity contribution in [2.24, 2.45) is 11.5 Å². The van der Waals surface area contributed by atoms with Crippen molar-refractivity contribution in [3.63, 3.8) is 0 Å². The van der Waals surface area contributed by atoms with Crippen LogP contribution in [-0.4, -0.2) is 252 Å². The summed E-state index contributed by atoms with van der Waals surface area (Å²) in [4.78, 5) is 289. The molecule has 4 aromatic rings. The second-order valence-corrected chi connectivity index (χ2v) is 28.7. The first kappa shape index (κ1) is 101. The van der Waals surface area contributed by atoms with Crippen molar-refractivity contribution in [3.8, 4) is 0 Å². The maximum atomic E-state index is 12.3. The van der Waals surface area contributed by atoms with Crippen LogP contribution in [0, 0.1) is 40.5 Å². The molecule has 0 unspecified atom stereocenters. The summed E-state index contributed by atoms with van der Waals surface area (Å²) in [6.07, 6.45) is 7.05. The summed E-state index contributed by atoms with van der Waals surface area (Å²) < 4.78 is 61.8. The second kappa shape index (κ2) is 46.9. The zero-order valence-corrected chi connectivity index (χ0v) is 65.6. The summed E-state index contributed by atoms with van der Waals surface area (Å²) in [5, 5.41) is 62.8. The van der Waals surface area contributed by atoms with Crippen LogP contribution < -0.4 is 22.1 Å². The van der Waals surface area contributed by atoms with Crippen molar-refractivity contribution in [1.29, 1.82) is 0 Å². The highest BCUT2D eigenvalue weighted by Gasteiger charge is 2.36. The maximum Gasteiger partial charge on any atom is 0.472 e. The van der Waals surface area contributed by atoms with Crippen LogP contribution in [-0.2, 0) is 121 Å². The van der Waals surface area contributed by atoms with Crippen LogP contribution in [0.5, 0.6) is 0 Å². The number of nitrogens with two attached hydrogens (primary N) is 2. The van der Waals surface area contributed by atoms with Crippen molar-refractivity contribution in [3.05, 3.63) is 124 Å². The van der Waals surface area contributed by atoms with Crippen LogP contribution in [0.15, 0.2) is 60.7 Å². The Balaban J connectivity index is 0.000000323. The number of phosphoric acid groups is 4. The molecule has 0 bridgehead atoms. The first-order valence-corrected chi connectivity index (χ1v) is 40.0. The van der Waals surface area contributed by atoms with Gasteiger partial charge in [-0.1, -0.05) is 10.2 Å². The number of phosphoric ester groups is 4. The average molecular weight is 1800 g/mol. The van der Waals surface area contributed by atoms with Gasteiger partial charge in [-0.25, -0.2) is 32.1 Å². The van der Waals surface area contributed by atoms with E-state index in [4.69, 9.17) is 50.6 Å². The third kappa shape index (κ3) is 35.3. The fourth-order valence-electron chi connectivity index (χ4n) is 9.28. The van der Waals surface area contributed by atoms with Crippen LogP contribution in [0.4, 0.5) is 23.3 Å². The first-order valence-electron chi connectivity index (χ1n) is 33.9. The molecule has 121 heavy (non-hydrogen) atoms. The van der Waals surface area contributed by atoms with E-state index in [2.05, 4.69) is 54.0 Å². The van der Waals surface area contributed by atoms with Gasteiger partial charge in [0, 0.05) is 121 Å². The predicted octanol–water partition coefficient (Wildman–Crippen LogP) is -3.03. The Bertz CT molecular complexity index is 4880. The number of nitrogens with zero attached hydrogens (tertiary/aromatic N) is 16. The molecular weight excluding hydrogens is 1730 g/mol. The molecule has 64 heteroatoms. The molecule has 8 rings (SSSR count). The summed E-state index contributed by atoms with van der Waals surface area (Å²) in [6.45, 7) is -3.02. The van der Waals surface area contributed by atoms with Gasteiger partial charge in [0.25, 0.3) is 47.3 Å². The number of nitro groups is 4. The molecule has 8 heterocycles. The normalized spacial score (nSPS) is 13.8. The molecule has 660 valence electrons. The summed E-state index contributed by atoms with van der Waals surface area (Å²) >= 11 is 0. The second-order valence-electron chi connectivity index (χ2n) is 23.7. The molecule has 0 aromatic carbocycles. The minimum atomic E-state index is -4.90. The number of amides is 10. The molecular formula is C57H72N20O40P4. The molecule has 14 N–H and O–H groups in total. The van der Waals surface area contributed by atoms with Crippen molar-refractivity contribution in [2.75, 3.05) is 45.8 Å². The van der Waals surface area contributed by atoms with Crippen molar-refractivity contribution < 1.29 is 172 Å². The van der Waals surface area contributed by atoms with E-state index in [-0.39, 0.29) is 139 Å². The Kier molecular flexibility index (Phi) is 39.1. The van der Waals surface area contributed by atoms with Crippen LogP contribution >= 0.6 is 31.3 Å². The number of carbonyl (C=O) groups excluding carboxylic acids is 15. The number of ketones is 4. The van der Waals surface area contributed by atoms with Crippen molar-refractivity contribution in [2.45, 2.75) is 110 Å². The van der Waals surface area contributed by atoms with E-state index in [0.717, 1.165) is 80.1 Å². The third-order valence-corrected chi connectivity index (χ3v) is 16.7. The quantitative estimate of drug-likeness (QED) is 0.00523. The highest BCUT2D eigenvalue weighted by atomic mass is 31.2. The highest BCUT2D eigenvalue weighted by Crippen LogP contribution is 2.39. The van der Waals surface area contributed by atoms with Gasteiger partial charge in [0.05, 0.1) is 40.9 Å². The number of imide groups is 4. The lowest BCUT2D eigenvalue weighted by atomic mass is 10.1. The van der Waals surface area contributed by atoms with Gasteiger partial charge >= 0.3 is 60.5 Å². The zero-order chi connectivity index (χ0) is 91.0. The summed E-state index contributed by atoms with van der Waals surface area (Å²) in [5.41, 5.74) is 9.56. The number of carbonyl (C=O) groups is 15. The van der Waals surface area contributed by atoms with Gasteiger partial charge in [-0.05, 0) is 58.5 Å². The number of nitrogens with one attached hydrogen (secondary N) is 2. The number of Topliss-reactive ketones (excluding diaryl/α,β-unsaturated/α-hetero) is 4. The van der Waals surface area contributed by atoms with Crippen LogP contribution in [0.1, 0.15) is 125 Å². The lowest BCUT2D eigenvalue weighted by Gasteiger charge is -2.15. The molecule has 60 nitrogen and oxygen atoms in total. The Hall–Kier alpha value is -12.3. The van der Waals surface area contributed by atoms with E-state index >= 15 is 0 Å². The van der Waals surface area contributed by atoms with E-state index in [0.29, 0.717) is 32.0 Å². The van der Waals surface area contributed by atoms with Crippen LogP contribution in [0.3, 0.4) is 0 Å². The molecule has 10 amide bonds. The number of hydrogen-bond acceptors (Lipinski definition) is 38. The molecule has 0 atom stereocenters. The van der Waals surface area contributed by atoms with E-state index < -0.39 is 189 Å². The molecule has 1 fully saturated rings. The molecule has 0 aliphatic carbocycles. The van der Waals surface area contributed by atoms with E-state index in [1.807, 2.05) is 0 Å².